The van der Waals surface area contributed by atoms with Crippen LogP contribution in [0.15, 0.2) is 36.7 Å². The standard InChI is InChI=1S/C22H26FN5O2/c1-14(2)20-18(21(29)24-10-5-11-30-4)13-26-28(20)22-25-12-15(3)19(27-22)16-6-8-17(23)9-7-16/h6-9,12-14H,5,10-11H2,1-4H3,(H,24,29). The van der Waals surface area contributed by atoms with Crippen LogP contribution >= 0.6 is 0 Å². The molecular weight excluding hydrogens is 385 g/mol. The van der Waals surface area contributed by atoms with Crippen LogP contribution in [0.2, 0.25) is 0 Å². The number of rotatable bonds is 8. The second-order valence-electron chi connectivity index (χ2n) is 7.32. The minimum absolute atomic E-state index is 0.0198. The molecule has 0 radical (unpaired) electrons. The lowest BCUT2D eigenvalue weighted by atomic mass is 10.1. The predicted molar refractivity (Wildman–Crippen MR) is 112 cm³/mol. The van der Waals surface area contributed by atoms with Gasteiger partial charge in [0.1, 0.15) is 5.82 Å². The van der Waals surface area contributed by atoms with Gasteiger partial charge in [0.2, 0.25) is 0 Å². The van der Waals surface area contributed by atoms with Crippen molar-refractivity contribution in [3.8, 4) is 17.2 Å². The molecule has 2 heterocycles. The largest absolute Gasteiger partial charge is 0.385 e. The molecule has 0 bridgehead atoms. The number of ether oxygens (including phenoxy) is 1. The zero-order valence-corrected chi connectivity index (χ0v) is 17.6. The molecule has 1 amide bonds. The SMILES string of the molecule is COCCCNC(=O)c1cnn(-c2ncc(C)c(-c3ccc(F)cc3)n2)c1C(C)C. The van der Waals surface area contributed by atoms with E-state index in [1.54, 1.807) is 36.3 Å². The van der Waals surface area contributed by atoms with Crippen LogP contribution in [-0.2, 0) is 4.74 Å². The van der Waals surface area contributed by atoms with Gasteiger partial charge in [0.25, 0.3) is 11.9 Å². The first-order valence-corrected chi connectivity index (χ1v) is 9.87. The number of benzene rings is 1. The van der Waals surface area contributed by atoms with Crippen molar-refractivity contribution in [3.05, 3.63) is 59.3 Å². The van der Waals surface area contributed by atoms with Gasteiger partial charge in [-0.2, -0.15) is 5.10 Å². The van der Waals surface area contributed by atoms with E-state index in [-0.39, 0.29) is 17.6 Å². The molecule has 30 heavy (non-hydrogen) atoms. The van der Waals surface area contributed by atoms with Crippen molar-refractivity contribution in [2.45, 2.75) is 33.1 Å². The predicted octanol–water partition coefficient (Wildman–Crippen LogP) is 3.67. The minimum Gasteiger partial charge on any atom is -0.385 e. The Morgan fingerprint density at radius 3 is 2.63 bits per heavy atom. The van der Waals surface area contributed by atoms with Crippen molar-refractivity contribution in [2.24, 2.45) is 0 Å². The zero-order chi connectivity index (χ0) is 21.7. The number of hydrogen-bond acceptors (Lipinski definition) is 5. The molecule has 0 saturated carbocycles. The van der Waals surface area contributed by atoms with Gasteiger partial charge in [0.15, 0.2) is 0 Å². The molecule has 0 fully saturated rings. The van der Waals surface area contributed by atoms with Gasteiger partial charge in [-0.15, -0.1) is 0 Å². The number of carbonyl (C=O) groups excluding carboxylic acids is 1. The molecule has 1 aromatic carbocycles. The number of nitrogens with zero attached hydrogens (tertiary/aromatic N) is 4. The molecular formula is C22H26FN5O2. The number of nitrogens with one attached hydrogen (secondary N) is 1. The Kier molecular flexibility index (Phi) is 6.89. The number of amides is 1. The van der Waals surface area contributed by atoms with E-state index in [1.165, 1.54) is 12.1 Å². The Bertz CT molecular complexity index is 1010. The molecule has 0 unspecified atom stereocenters. The molecule has 1 N–H and O–H groups in total. The second-order valence-corrected chi connectivity index (χ2v) is 7.32. The van der Waals surface area contributed by atoms with E-state index in [0.29, 0.717) is 30.4 Å². The minimum atomic E-state index is -0.305. The van der Waals surface area contributed by atoms with Crippen molar-refractivity contribution >= 4 is 5.91 Å². The summed E-state index contributed by atoms with van der Waals surface area (Å²) in [6.07, 6.45) is 3.98. The van der Waals surface area contributed by atoms with E-state index in [9.17, 15) is 9.18 Å². The topological polar surface area (TPSA) is 81.9 Å². The van der Waals surface area contributed by atoms with Crippen molar-refractivity contribution < 1.29 is 13.9 Å². The average molecular weight is 411 g/mol. The highest BCUT2D eigenvalue weighted by Gasteiger charge is 2.22. The molecule has 0 aliphatic carbocycles. The smallest absolute Gasteiger partial charge is 0.254 e. The first-order valence-electron chi connectivity index (χ1n) is 9.87. The lowest BCUT2D eigenvalue weighted by Crippen LogP contribution is -2.26. The second kappa shape index (κ2) is 9.58. The van der Waals surface area contributed by atoms with Gasteiger partial charge >= 0.3 is 0 Å². The summed E-state index contributed by atoms with van der Waals surface area (Å²) >= 11 is 0. The van der Waals surface area contributed by atoms with Gasteiger partial charge in [-0.1, -0.05) is 13.8 Å². The van der Waals surface area contributed by atoms with Gasteiger partial charge in [-0.25, -0.2) is 19.0 Å². The fourth-order valence-corrected chi connectivity index (χ4v) is 3.20. The molecule has 0 saturated heterocycles. The van der Waals surface area contributed by atoms with Gasteiger partial charge in [-0.3, -0.25) is 4.79 Å². The molecule has 158 valence electrons. The summed E-state index contributed by atoms with van der Waals surface area (Å²) in [7, 11) is 1.63. The first-order chi connectivity index (χ1) is 14.4. The molecule has 7 nitrogen and oxygen atoms in total. The Hall–Kier alpha value is -3.13. The molecule has 3 aromatic rings. The number of aryl methyl sites for hydroxylation is 1. The van der Waals surface area contributed by atoms with Crippen molar-refractivity contribution in [1.82, 2.24) is 25.1 Å². The summed E-state index contributed by atoms with van der Waals surface area (Å²) in [6.45, 7) is 6.98. The lowest BCUT2D eigenvalue weighted by Gasteiger charge is -2.13. The van der Waals surface area contributed by atoms with Gasteiger partial charge in [-0.05, 0) is 49.1 Å². The van der Waals surface area contributed by atoms with E-state index in [0.717, 1.165) is 23.2 Å². The number of halogens is 1. The van der Waals surface area contributed by atoms with Crippen LogP contribution in [0.4, 0.5) is 4.39 Å². The third-order valence-electron chi connectivity index (χ3n) is 4.67. The van der Waals surface area contributed by atoms with E-state index >= 15 is 0 Å². The zero-order valence-electron chi connectivity index (χ0n) is 17.6. The molecule has 3 rings (SSSR count). The molecule has 0 atom stereocenters. The van der Waals surface area contributed by atoms with E-state index < -0.39 is 0 Å². The normalized spacial score (nSPS) is 11.1. The van der Waals surface area contributed by atoms with Crippen LogP contribution < -0.4 is 5.32 Å². The summed E-state index contributed by atoms with van der Waals surface area (Å²) in [5.41, 5.74) is 3.56. The third-order valence-corrected chi connectivity index (χ3v) is 4.67. The van der Waals surface area contributed by atoms with Crippen molar-refractivity contribution in [3.63, 3.8) is 0 Å². The highest BCUT2D eigenvalue weighted by molar-refractivity contribution is 5.95. The van der Waals surface area contributed by atoms with Crippen LogP contribution in [0.25, 0.3) is 17.2 Å². The maximum absolute atomic E-state index is 13.3. The molecule has 0 aliphatic rings. The van der Waals surface area contributed by atoms with Crippen LogP contribution in [0.3, 0.4) is 0 Å². The van der Waals surface area contributed by atoms with Crippen molar-refractivity contribution in [1.29, 1.82) is 0 Å². The van der Waals surface area contributed by atoms with Crippen LogP contribution in [0.5, 0.6) is 0 Å². The summed E-state index contributed by atoms with van der Waals surface area (Å²) < 4.78 is 19.9. The Morgan fingerprint density at radius 2 is 1.97 bits per heavy atom. The number of aromatic nitrogens is 4. The van der Waals surface area contributed by atoms with Crippen LogP contribution in [0.1, 0.15) is 47.8 Å². The van der Waals surface area contributed by atoms with E-state index in [2.05, 4.69) is 20.4 Å². The maximum Gasteiger partial charge on any atom is 0.254 e. The Balaban J connectivity index is 1.96. The fraction of sp³-hybridized carbons (Fsp3) is 0.364. The van der Waals surface area contributed by atoms with Crippen LogP contribution in [-0.4, -0.2) is 45.9 Å². The summed E-state index contributed by atoms with van der Waals surface area (Å²) in [4.78, 5) is 21.8. The number of carbonyl (C=O) groups is 1. The highest BCUT2D eigenvalue weighted by Crippen LogP contribution is 2.25. The maximum atomic E-state index is 13.3. The first kappa shape index (κ1) is 21.6. The number of methoxy groups -OCH3 is 1. The fourth-order valence-electron chi connectivity index (χ4n) is 3.20. The molecule has 2 aromatic heterocycles. The summed E-state index contributed by atoms with van der Waals surface area (Å²) in [6, 6.07) is 6.16. The quantitative estimate of drug-likeness (QED) is 0.572. The molecule has 0 spiro atoms. The van der Waals surface area contributed by atoms with Gasteiger partial charge < -0.3 is 10.1 Å². The molecule has 8 heteroatoms. The highest BCUT2D eigenvalue weighted by atomic mass is 19.1. The number of hydrogen-bond donors (Lipinski definition) is 1. The van der Waals surface area contributed by atoms with Crippen LogP contribution in [0, 0.1) is 12.7 Å². The summed E-state index contributed by atoms with van der Waals surface area (Å²) in [5.74, 6) is -0.110. The van der Waals surface area contributed by atoms with Gasteiger partial charge in [0, 0.05) is 32.0 Å². The third kappa shape index (κ3) is 4.71. The lowest BCUT2D eigenvalue weighted by molar-refractivity contribution is 0.0947. The van der Waals surface area contributed by atoms with E-state index in [1.807, 2.05) is 20.8 Å². The summed E-state index contributed by atoms with van der Waals surface area (Å²) in [5, 5.41) is 7.29. The van der Waals surface area contributed by atoms with E-state index in [4.69, 9.17) is 4.74 Å². The van der Waals surface area contributed by atoms with Crippen molar-refractivity contribution in [2.75, 3.05) is 20.3 Å². The Morgan fingerprint density at radius 1 is 1.23 bits per heavy atom. The Labute approximate surface area is 175 Å². The average Bonchev–Trinajstić information content (AvgIpc) is 3.18. The van der Waals surface area contributed by atoms with Gasteiger partial charge in [0.05, 0.1) is 23.1 Å². The monoisotopic (exact) mass is 411 g/mol. The molecule has 0 aliphatic heterocycles.